The molecule has 0 N–H and O–H groups in total. The zero-order chi connectivity index (χ0) is 19.7. The van der Waals surface area contributed by atoms with Gasteiger partial charge in [0.25, 0.3) is 0 Å². The van der Waals surface area contributed by atoms with Gasteiger partial charge in [-0.25, -0.2) is 4.79 Å². The van der Waals surface area contributed by atoms with Crippen LogP contribution in [0.3, 0.4) is 0 Å². The monoisotopic (exact) mass is 380 g/mol. The third-order valence-corrected chi connectivity index (χ3v) is 4.82. The van der Waals surface area contributed by atoms with Crippen LogP contribution in [0.4, 0.5) is 0 Å². The van der Waals surface area contributed by atoms with E-state index >= 15 is 0 Å². The lowest BCUT2D eigenvalue weighted by atomic mass is 10.1. The Morgan fingerprint density at radius 1 is 0.885 bits per heavy atom. The zero-order valence-electron chi connectivity index (χ0n) is 17.6. The van der Waals surface area contributed by atoms with Crippen molar-refractivity contribution in [2.24, 2.45) is 0 Å². The predicted molar refractivity (Wildman–Crippen MR) is 115 cm³/mol. The lowest BCUT2D eigenvalue weighted by Crippen LogP contribution is -2.37. The first-order chi connectivity index (χ1) is 12.4. The number of rotatable bonds is 15. The molecule has 1 atom stereocenters. The van der Waals surface area contributed by atoms with E-state index in [0.717, 1.165) is 44.9 Å². The molecule has 0 spiro atoms. The van der Waals surface area contributed by atoms with Gasteiger partial charge < -0.3 is 9.16 Å². The molecular formula is C22H40O3Si. The lowest BCUT2D eigenvalue weighted by molar-refractivity contribution is -0.149. The number of ether oxygens (including phenoxy) is 1. The molecule has 0 aromatic heterocycles. The Kier molecular flexibility index (Phi) is 15.4. The van der Waals surface area contributed by atoms with Crippen molar-refractivity contribution in [3.63, 3.8) is 0 Å². The number of unbranched alkanes of at least 4 members (excludes halogenated alkanes) is 4. The normalized spacial score (nSPS) is 13.9. The Morgan fingerprint density at radius 3 is 2.04 bits per heavy atom. The molecular weight excluding hydrogens is 340 g/mol. The topological polar surface area (TPSA) is 35.5 Å². The number of carbonyl (C=O) groups excluding carboxylic acids is 1. The Hall–Kier alpha value is -1.13. The molecule has 0 amide bonds. The van der Waals surface area contributed by atoms with Crippen LogP contribution in [0.15, 0.2) is 36.5 Å². The third kappa shape index (κ3) is 16.3. The number of esters is 1. The molecule has 150 valence electrons. The molecule has 0 aliphatic rings. The maximum absolute atomic E-state index is 11.8. The maximum atomic E-state index is 11.8. The van der Waals surface area contributed by atoms with Crippen molar-refractivity contribution in [1.82, 2.24) is 0 Å². The summed E-state index contributed by atoms with van der Waals surface area (Å²) in [5, 5.41) is 0. The van der Waals surface area contributed by atoms with Crippen LogP contribution in [0.5, 0.6) is 0 Å². The molecule has 0 bridgehead atoms. The van der Waals surface area contributed by atoms with Crippen LogP contribution in [0, 0.1) is 0 Å². The van der Waals surface area contributed by atoms with Gasteiger partial charge in [0.1, 0.15) is 6.10 Å². The van der Waals surface area contributed by atoms with Gasteiger partial charge in [-0.05, 0) is 58.2 Å². The van der Waals surface area contributed by atoms with Crippen molar-refractivity contribution in [1.29, 1.82) is 0 Å². The van der Waals surface area contributed by atoms with E-state index in [9.17, 15) is 4.79 Å². The van der Waals surface area contributed by atoms with Gasteiger partial charge >= 0.3 is 5.97 Å². The second-order valence-electron chi connectivity index (χ2n) is 7.53. The van der Waals surface area contributed by atoms with Crippen molar-refractivity contribution in [2.45, 2.75) is 90.5 Å². The average molecular weight is 381 g/mol. The molecule has 0 aliphatic heterocycles. The summed E-state index contributed by atoms with van der Waals surface area (Å²) in [4.78, 5) is 11.8. The smallest absolute Gasteiger partial charge is 0.333 e. The van der Waals surface area contributed by atoms with E-state index in [2.05, 4.69) is 63.0 Å². The fraction of sp³-hybridized carbons (Fsp3) is 0.682. The number of methoxy groups -OCH3 is 1. The average Bonchev–Trinajstić information content (AvgIpc) is 2.59. The van der Waals surface area contributed by atoms with Gasteiger partial charge in [-0.3, -0.25) is 0 Å². The van der Waals surface area contributed by atoms with E-state index in [1.165, 1.54) is 20.0 Å². The van der Waals surface area contributed by atoms with Crippen LogP contribution in [0.1, 0.15) is 64.7 Å². The van der Waals surface area contributed by atoms with Crippen LogP contribution in [-0.4, -0.2) is 27.5 Å². The molecule has 0 heterocycles. The summed E-state index contributed by atoms with van der Waals surface area (Å²) in [7, 11) is -0.289. The van der Waals surface area contributed by atoms with Crippen molar-refractivity contribution in [3.05, 3.63) is 36.5 Å². The highest BCUT2D eigenvalue weighted by Crippen LogP contribution is 2.15. The Balaban J connectivity index is 3.74. The highest BCUT2D eigenvalue weighted by Gasteiger charge is 2.26. The molecule has 1 unspecified atom stereocenters. The second-order valence-corrected chi connectivity index (χ2v) is 12.0. The molecule has 0 aliphatic carbocycles. The molecule has 0 radical (unpaired) electrons. The van der Waals surface area contributed by atoms with Gasteiger partial charge in [-0.2, -0.15) is 0 Å². The zero-order valence-corrected chi connectivity index (χ0v) is 18.6. The first-order valence-corrected chi connectivity index (χ1v) is 13.5. The summed E-state index contributed by atoms with van der Waals surface area (Å²) in [5.41, 5.74) is 0. The summed E-state index contributed by atoms with van der Waals surface area (Å²) >= 11 is 0. The fourth-order valence-corrected chi connectivity index (χ4v) is 3.62. The molecule has 0 fully saturated rings. The largest absolute Gasteiger partial charge is 0.467 e. The van der Waals surface area contributed by atoms with Gasteiger partial charge in [0.05, 0.1) is 7.11 Å². The SMILES string of the molecule is CCC=CCC=CCC=CCCCCCCC(O[Si](C)(C)C)C(=O)OC. The number of hydrogen-bond donors (Lipinski definition) is 0. The van der Waals surface area contributed by atoms with Gasteiger partial charge in [-0.15, -0.1) is 0 Å². The molecule has 0 saturated heterocycles. The summed E-state index contributed by atoms with van der Waals surface area (Å²) in [6.45, 7) is 8.47. The highest BCUT2D eigenvalue weighted by molar-refractivity contribution is 6.69. The van der Waals surface area contributed by atoms with Crippen LogP contribution in [0.25, 0.3) is 0 Å². The summed E-state index contributed by atoms with van der Waals surface area (Å²) in [6, 6.07) is 0. The molecule has 0 aromatic carbocycles. The van der Waals surface area contributed by atoms with E-state index in [1.54, 1.807) is 0 Å². The number of hydrogen-bond acceptors (Lipinski definition) is 3. The first kappa shape index (κ1) is 24.9. The van der Waals surface area contributed by atoms with Gasteiger partial charge in [0.2, 0.25) is 0 Å². The summed E-state index contributed by atoms with van der Waals surface area (Å²) < 4.78 is 10.8. The minimum Gasteiger partial charge on any atom is -0.467 e. The molecule has 3 nitrogen and oxygen atoms in total. The van der Waals surface area contributed by atoms with Gasteiger partial charge in [0.15, 0.2) is 8.32 Å². The van der Waals surface area contributed by atoms with Crippen LogP contribution >= 0.6 is 0 Å². The minimum atomic E-state index is -1.73. The third-order valence-electron chi connectivity index (χ3n) is 3.83. The summed E-state index contributed by atoms with van der Waals surface area (Å²) in [5.74, 6) is -0.228. The van der Waals surface area contributed by atoms with E-state index in [0.29, 0.717) is 0 Å². The lowest BCUT2D eigenvalue weighted by Gasteiger charge is -2.24. The van der Waals surface area contributed by atoms with Gasteiger partial charge in [0, 0.05) is 0 Å². The van der Waals surface area contributed by atoms with Crippen molar-refractivity contribution in [2.75, 3.05) is 7.11 Å². The molecule has 0 rings (SSSR count). The number of allylic oxidation sites excluding steroid dienone is 6. The minimum absolute atomic E-state index is 0.228. The van der Waals surface area contributed by atoms with E-state index in [-0.39, 0.29) is 12.1 Å². The molecule has 4 heteroatoms. The predicted octanol–water partition coefficient (Wildman–Crippen LogP) is 6.58. The first-order valence-electron chi connectivity index (χ1n) is 10.1. The fourth-order valence-electron chi connectivity index (χ4n) is 2.56. The number of carbonyl (C=O) groups is 1. The Labute approximate surface area is 162 Å². The Morgan fingerprint density at radius 2 is 1.46 bits per heavy atom. The van der Waals surface area contributed by atoms with Crippen molar-refractivity contribution < 1.29 is 14.0 Å². The van der Waals surface area contributed by atoms with E-state index < -0.39 is 8.32 Å². The maximum Gasteiger partial charge on any atom is 0.333 e. The molecule has 0 aromatic rings. The van der Waals surface area contributed by atoms with E-state index in [1.807, 2.05) is 0 Å². The quantitative estimate of drug-likeness (QED) is 0.139. The van der Waals surface area contributed by atoms with Crippen LogP contribution in [0.2, 0.25) is 19.6 Å². The summed E-state index contributed by atoms with van der Waals surface area (Å²) in [6.07, 6.45) is 22.6. The standard InChI is InChI=1S/C22H40O3Si/c1-6-7-8-9-10-11-12-13-14-15-16-17-18-19-20-21(22(23)24-2)25-26(3,4)5/h7-8,10-11,13-14,21H,6,9,12,15-20H2,1-5H3. The second kappa shape index (κ2) is 16.1. The van der Waals surface area contributed by atoms with Crippen molar-refractivity contribution in [3.8, 4) is 0 Å². The highest BCUT2D eigenvalue weighted by atomic mass is 28.4. The molecule has 0 saturated carbocycles. The Bertz CT molecular complexity index is 433. The molecule has 26 heavy (non-hydrogen) atoms. The van der Waals surface area contributed by atoms with E-state index in [4.69, 9.17) is 9.16 Å². The van der Waals surface area contributed by atoms with Crippen LogP contribution < -0.4 is 0 Å². The van der Waals surface area contributed by atoms with Crippen molar-refractivity contribution >= 4 is 14.3 Å². The van der Waals surface area contributed by atoms with Crippen LogP contribution in [-0.2, 0) is 14.0 Å². The van der Waals surface area contributed by atoms with Gasteiger partial charge in [-0.1, -0.05) is 62.6 Å².